The summed E-state index contributed by atoms with van der Waals surface area (Å²) in [5.41, 5.74) is 6.51. The number of aromatic nitrogens is 2. The minimum atomic E-state index is 0.275. The summed E-state index contributed by atoms with van der Waals surface area (Å²) in [6, 6.07) is 0.275. The predicted octanol–water partition coefficient (Wildman–Crippen LogP) is 2.16. The summed E-state index contributed by atoms with van der Waals surface area (Å²) < 4.78 is 4.46. The smallest absolute Gasteiger partial charge is 0.138 e. The fourth-order valence-corrected chi connectivity index (χ4v) is 2.60. The molecular weight excluding hydrogens is 226 g/mol. The summed E-state index contributed by atoms with van der Waals surface area (Å²) in [4.78, 5) is 0. The van der Waals surface area contributed by atoms with Gasteiger partial charge in [0.2, 0.25) is 0 Å². The molecule has 1 heterocycles. The number of nitrogens with zero attached hydrogens (tertiary/aromatic N) is 2. The van der Waals surface area contributed by atoms with Crippen molar-refractivity contribution in [1.82, 2.24) is 9.59 Å². The summed E-state index contributed by atoms with van der Waals surface area (Å²) in [7, 11) is 0. The van der Waals surface area contributed by atoms with E-state index in [1.54, 1.807) is 11.8 Å². The molecular formula is C7H12ClN3S2. The normalized spacial score (nSPS) is 13.2. The highest BCUT2D eigenvalue weighted by Gasteiger charge is 2.04. The average Bonchev–Trinajstić information content (AvgIpc) is 2.45. The number of rotatable bonds is 5. The highest BCUT2D eigenvalue weighted by atomic mass is 35.5. The van der Waals surface area contributed by atoms with Gasteiger partial charge in [-0.1, -0.05) is 16.1 Å². The van der Waals surface area contributed by atoms with Crippen LogP contribution in [-0.2, 0) is 5.75 Å². The molecule has 1 aromatic heterocycles. The molecule has 0 saturated carbocycles. The number of hydrogen-bond acceptors (Lipinski definition) is 5. The summed E-state index contributed by atoms with van der Waals surface area (Å²) in [6.07, 6.45) is 1.03. The quantitative estimate of drug-likeness (QED) is 0.798. The molecule has 1 unspecified atom stereocenters. The molecule has 2 N–H and O–H groups in total. The number of nitrogens with two attached hydrogens (primary N) is 1. The van der Waals surface area contributed by atoms with Gasteiger partial charge in [-0.25, -0.2) is 0 Å². The maximum atomic E-state index is 5.84. The van der Waals surface area contributed by atoms with Gasteiger partial charge in [0, 0.05) is 23.3 Å². The van der Waals surface area contributed by atoms with Gasteiger partial charge in [-0.3, -0.25) is 0 Å². The lowest BCUT2D eigenvalue weighted by Crippen LogP contribution is -2.15. The van der Waals surface area contributed by atoms with E-state index in [9.17, 15) is 0 Å². The molecule has 13 heavy (non-hydrogen) atoms. The zero-order valence-corrected chi connectivity index (χ0v) is 9.75. The van der Waals surface area contributed by atoms with Crippen LogP contribution in [0, 0.1) is 0 Å². The molecule has 0 aromatic carbocycles. The van der Waals surface area contributed by atoms with Crippen molar-refractivity contribution in [2.45, 2.75) is 25.1 Å². The van der Waals surface area contributed by atoms with Gasteiger partial charge >= 0.3 is 0 Å². The first kappa shape index (κ1) is 11.2. The number of thioether (sulfide) groups is 1. The van der Waals surface area contributed by atoms with Crippen LogP contribution in [-0.4, -0.2) is 21.4 Å². The fraction of sp³-hybridized carbons (Fsp3) is 0.714. The van der Waals surface area contributed by atoms with E-state index in [4.69, 9.17) is 17.3 Å². The molecule has 0 amide bonds. The Morgan fingerprint density at radius 2 is 2.46 bits per heavy atom. The first-order chi connectivity index (χ1) is 6.20. The zero-order valence-electron chi connectivity index (χ0n) is 7.36. The Labute approximate surface area is 91.2 Å². The van der Waals surface area contributed by atoms with Crippen molar-refractivity contribution in [3.8, 4) is 0 Å². The Kier molecular flexibility index (Phi) is 5.01. The zero-order chi connectivity index (χ0) is 9.68. The highest BCUT2D eigenvalue weighted by molar-refractivity contribution is 7.98. The molecule has 0 aliphatic rings. The maximum absolute atomic E-state index is 5.84. The van der Waals surface area contributed by atoms with Crippen LogP contribution in [0.4, 0.5) is 0 Å². The van der Waals surface area contributed by atoms with Crippen molar-refractivity contribution >= 4 is 34.9 Å². The second kappa shape index (κ2) is 5.80. The summed E-state index contributed by atoms with van der Waals surface area (Å²) in [5.74, 6) is 1.88. The van der Waals surface area contributed by atoms with Crippen LogP contribution in [0.25, 0.3) is 0 Å². The van der Waals surface area contributed by atoms with Crippen LogP contribution in [0.1, 0.15) is 19.0 Å². The molecule has 3 nitrogen and oxygen atoms in total. The van der Waals surface area contributed by atoms with E-state index in [0.29, 0.717) is 4.34 Å². The molecule has 0 bridgehead atoms. The molecule has 6 heteroatoms. The largest absolute Gasteiger partial charge is 0.328 e. The van der Waals surface area contributed by atoms with Gasteiger partial charge in [0.1, 0.15) is 10.0 Å². The van der Waals surface area contributed by atoms with Crippen LogP contribution < -0.4 is 5.73 Å². The molecule has 0 radical (unpaired) electrons. The van der Waals surface area contributed by atoms with E-state index in [-0.39, 0.29) is 6.04 Å². The van der Waals surface area contributed by atoms with Crippen LogP contribution in [0.2, 0.25) is 4.34 Å². The molecule has 0 saturated heterocycles. The minimum Gasteiger partial charge on any atom is -0.328 e. The van der Waals surface area contributed by atoms with E-state index >= 15 is 0 Å². The van der Waals surface area contributed by atoms with Crippen LogP contribution in [0.15, 0.2) is 0 Å². The Morgan fingerprint density at radius 1 is 1.69 bits per heavy atom. The first-order valence-electron chi connectivity index (χ1n) is 4.00. The average molecular weight is 238 g/mol. The monoisotopic (exact) mass is 237 g/mol. The standard InChI is InChI=1S/C7H12ClN3S2/c1-5(9)2-3-12-4-6-7(8)13-11-10-6/h5H,2-4,9H2,1H3. The van der Waals surface area contributed by atoms with Gasteiger partial charge < -0.3 is 5.73 Å². The van der Waals surface area contributed by atoms with Crippen molar-refractivity contribution in [3.05, 3.63) is 10.0 Å². The molecule has 74 valence electrons. The van der Waals surface area contributed by atoms with Crippen molar-refractivity contribution in [1.29, 1.82) is 0 Å². The lowest BCUT2D eigenvalue weighted by atomic mass is 10.3. The van der Waals surface area contributed by atoms with Crippen molar-refractivity contribution in [3.63, 3.8) is 0 Å². The van der Waals surface area contributed by atoms with Crippen LogP contribution in [0.3, 0.4) is 0 Å². The molecule has 0 fully saturated rings. The lowest BCUT2D eigenvalue weighted by molar-refractivity contribution is 0.721. The third-order valence-electron chi connectivity index (χ3n) is 1.47. The van der Waals surface area contributed by atoms with Crippen molar-refractivity contribution in [2.24, 2.45) is 5.73 Å². The third-order valence-corrected chi connectivity index (χ3v) is 3.45. The third kappa shape index (κ3) is 4.26. The highest BCUT2D eigenvalue weighted by Crippen LogP contribution is 2.22. The van der Waals surface area contributed by atoms with E-state index in [2.05, 4.69) is 9.59 Å². The van der Waals surface area contributed by atoms with Gasteiger partial charge in [-0.2, -0.15) is 11.8 Å². The summed E-state index contributed by atoms with van der Waals surface area (Å²) >= 11 is 8.86. The molecule has 0 aliphatic heterocycles. The molecule has 1 atom stereocenters. The van der Waals surface area contributed by atoms with Gasteiger partial charge in [-0.15, -0.1) is 5.10 Å². The SMILES string of the molecule is CC(N)CCSCc1nnsc1Cl. The second-order valence-electron chi connectivity index (χ2n) is 2.81. The van der Waals surface area contributed by atoms with Crippen molar-refractivity contribution in [2.75, 3.05) is 5.75 Å². The number of halogens is 1. The van der Waals surface area contributed by atoms with E-state index in [1.807, 2.05) is 6.92 Å². The predicted molar refractivity (Wildman–Crippen MR) is 59.3 cm³/mol. The summed E-state index contributed by atoms with van der Waals surface area (Å²) in [6.45, 7) is 2.01. The van der Waals surface area contributed by atoms with Crippen molar-refractivity contribution < 1.29 is 0 Å². The van der Waals surface area contributed by atoms with E-state index in [0.717, 1.165) is 23.6 Å². The molecule has 0 spiro atoms. The van der Waals surface area contributed by atoms with Gasteiger partial charge in [0.25, 0.3) is 0 Å². The van der Waals surface area contributed by atoms with Gasteiger partial charge in [0.15, 0.2) is 0 Å². The Morgan fingerprint density at radius 3 is 3.00 bits per heavy atom. The molecule has 0 aliphatic carbocycles. The minimum absolute atomic E-state index is 0.275. The second-order valence-corrected chi connectivity index (χ2v) is 5.27. The van der Waals surface area contributed by atoms with Gasteiger partial charge in [-0.05, 0) is 19.1 Å². The lowest BCUT2D eigenvalue weighted by Gasteiger charge is -2.02. The van der Waals surface area contributed by atoms with Gasteiger partial charge in [0.05, 0.1) is 0 Å². The topological polar surface area (TPSA) is 51.8 Å². The van der Waals surface area contributed by atoms with E-state index < -0.39 is 0 Å². The Balaban J connectivity index is 2.17. The van der Waals surface area contributed by atoms with Crippen LogP contribution >= 0.6 is 34.9 Å². The molecule has 1 aromatic rings. The van der Waals surface area contributed by atoms with E-state index in [1.165, 1.54) is 11.5 Å². The molecule has 1 rings (SSSR count). The Hall–Kier alpha value is 0.160. The Bertz CT molecular complexity index is 252. The number of hydrogen-bond donors (Lipinski definition) is 1. The maximum Gasteiger partial charge on any atom is 0.138 e. The fourth-order valence-electron chi connectivity index (χ4n) is 0.721. The first-order valence-corrected chi connectivity index (χ1v) is 6.31. The van der Waals surface area contributed by atoms with Crippen LogP contribution in [0.5, 0.6) is 0 Å². The summed E-state index contributed by atoms with van der Waals surface area (Å²) in [5, 5.41) is 3.92.